The van der Waals surface area contributed by atoms with E-state index in [2.05, 4.69) is 4.90 Å². The third kappa shape index (κ3) is 3.28. The Morgan fingerprint density at radius 3 is 2.63 bits per heavy atom. The smallest absolute Gasteiger partial charge is 0.161 e. The van der Waals surface area contributed by atoms with Gasteiger partial charge in [0.25, 0.3) is 0 Å². The van der Waals surface area contributed by atoms with Crippen LogP contribution in [-0.2, 0) is 0 Å². The van der Waals surface area contributed by atoms with Crippen LogP contribution in [0.3, 0.4) is 0 Å². The van der Waals surface area contributed by atoms with Crippen LogP contribution in [0.15, 0.2) is 18.2 Å². The molecule has 0 atom stereocenters. The Morgan fingerprint density at radius 2 is 2.11 bits per heavy atom. The average Bonchev–Trinajstić information content (AvgIpc) is 2.89. The summed E-state index contributed by atoms with van der Waals surface area (Å²) in [7, 11) is 0. The largest absolute Gasteiger partial charge is 0.395 e. The molecular formula is C15H20ClNO2. The van der Waals surface area contributed by atoms with Gasteiger partial charge < -0.3 is 10.0 Å². The summed E-state index contributed by atoms with van der Waals surface area (Å²) in [6.07, 6.45) is 4.80. The number of carbonyl (C=O) groups excluding carboxylic acids is 1. The van der Waals surface area contributed by atoms with Gasteiger partial charge in [-0.3, -0.25) is 4.79 Å². The van der Waals surface area contributed by atoms with Gasteiger partial charge in [-0.15, -0.1) is 0 Å². The number of aliphatic hydroxyl groups is 1. The quantitative estimate of drug-likeness (QED) is 0.842. The lowest BCUT2D eigenvalue weighted by molar-refractivity contribution is 0.101. The first-order valence-corrected chi connectivity index (χ1v) is 7.19. The number of halogens is 1. The number of hydrogen-bond donors (Lipinski definition) is 1. The topological polar surface area (TPSA) is 40.5 Å². The number of benzene rings is 1. The fourth-order valence-corrected chi connectivity index (χ4v) is 3.12. The van der Waals surface area contributed by atoms with E-state index in [4.69, 9.17) is 11.6 Å². The van der Waals surface area contributed by atoms with Gasteiger partial charge in [0, 0.05) is 23.8 Å². The summed E-state index contributed by atoms with van der Waals surface area (Å²) in [4.78, 5) is 13.6. The summed E-state index contributed by atoms with van der Waals surface area (Å²) in [6, 6.07) is 6.02. The number of anilines is 1. The van der Waals surface area contributed by atoms with E-state index in [0.717, 1.165) is 18.5 Å². The molecule has 0 spiro atoms. The average molecular weight is 282 g/mol. The number of ketones is 1. The summed E-state index contributed by atoms with van der Waals surface area (Å²) in [5, 5.41) is 9.73. The molecule has 1 aromatic rings. The Balaban J connectivity index is 2.26. The Kier molecular flexibility index (Phi) is 4.83. The van der Waals surface area contributed by atoms with E-state index >= 15 is 0 Å². The van der Waals surface area contributed by atoms with Crippen LogP contribution < -0.4 is 4.90 Å². The lowest BCUT2D eigenvalue weighted by Gasteiger charge is -2.31. The molecule has 1 saturated carbocycles. The fraction of sp³-hybridized carbons (Fsp3) is 0.533. The Bertz CT molecular complexity index is 455. The second-order valence-corrected chi connectivity index (χ2v) is 5.48. The minimum Gasteiger partial charge on any atom is -0.395 e. The normalized spacial score (nSPS) is 15.7. The van der Waals surface area contributed by atoms with Crippen molar-refractivity contribution >= 4 is 23.1 Å². The second kappa shape index (κ2) is 6.40. The summed E-state index contributed by atoms with van der Waals surface area (Å²) >= 11 is 6.17. The van der Waals surface area contributed by atoms with Crippen LogP contribution in [-0.4, -0.2) is 30.1 Å². The molecule has 1 aliphatic rings. The standard InChI is InChI=1S/C15H20ClNO2/c1-11(19)14-7-6-13(10-15(14)16)17(8-9-18)12-4-2-3-5-12/h6-7,10,12,18H,2-5,8-9H2,1H3. The Hall–Kier alpha value is -1.06. The number of nitrogens with zero attached hydrogens (tertiary/aromatic N) is 1. The first kappa shape index (κ1) is 14.4. The van der Waals surface area contributed by atoms with Crippen molar-refractivity contribution in [3.63, 3.8) is 0 Å². The number of carbonyl (C=O) groups is 1. The lowest BCUT2D eigenvalue weighted by atomic mass is 10.1. The first-order valence-electron chi connectivity index (χ1n) is 6.81. The zero-order chi connectivity index (χ0) is 13.8. The Labute approximate surface area is 119 Å². The molecule has 1 aliphatic carbocycles. The zero-order valence-electron chi connectivity index (χ0n) is 11.2. The van der Waals surface area contributed by atoms with Gasteiger partial charge in [-0.05, 0) is 38.0 Å². The molecule has 2 rings (SSSR count). The highest BCUT2D eigenvalue weighted by molar-refractivity contribution is 6.34. The van der Waals surface area contributed by atoms with Crippen molar-refractivity contribution in [2.24, 2.45) is 0 Å². The molecule has 0 aliphatic heterocycles. The van der Waals surface area contributed by atoms with E-state index in [0.29, 0.717) is 23.2 Å². The fourth-order valence-electron chi connectivity index (χ4n) is 2.81. The summed E-state index contributed by atoms with van der Waals surface area (Å²) in [5.41, 5.74) is 1.55. The van der Waals surface area contributed by atoms with E-state index in [-0.39, 0.29) is 12.4 Å². The van der Waals surface area contributed by atoms with Crippen LogP contribution in [0, 0.1) is 0 Å². The van der Waals surface area contributed by atoms with Crippen molar-refractivity contribution in [2.75, 3.05) is 18.1 Å². The molecule has 3 nitrogen and oxygen atoms in total. The van der Waals surface area contributed by atoms with Crippen molar-refractivity contribution in [3.05, 3.63) is 28.8 Å². The molecule has 1 N–H and O–H groups in total. The van der Waals surface area contributed by atoms with Gasteiger partial charge in [0.15, 0.2) is 5.78 Å². The van der Waals surface area contributed by atoms with Gasteiger partial charge in [-0.2, -0.15) is 0 Å². The van der Waals surface area contributed by atoms with Crippen LogP contribution in [0.1, 0.15) is 43.0 Å². The van der Waals surface area contributed by atoms with E-state index in [1.54, 1.807) is 6.07 Å². The molecule has 0 saturated heterocycles. The first-order chi connectivity index (χ1) is 9.13. The van der Waals surface area contributed by atoms with E-state index in [9.17, 15) is 9.90 Å². The highest BCUT2D eigenvalue weighted by Crippen LogP contribution is 2.30. The molecule has 104 valence electrons. The van der Waals surface area contributed by atoms with Crippen LogP contribution in [0.4, 0.5) is 5.69 Å². The number of aliphatic hydroxyl groups excluding tert-OH is 1. The predicted octanol–water partition coefficient (Wildman–Crippen LogP) is 3.28. The number of Topliss-reactive ketones (excluding diaryl/α,β-unsaturated/α-hetero) is 1. The van der Waals surface area contributed by atoms with Gasteiger partial charge in [-0.25, -0.2) is 0 Å². The molecule has 19 heavy (non-hydrogen) atoms. The predicted molar refractivity (Wildman–Crippen MR) is 78.1 cm³/mol. The van der Waals surface area contributed by atoms with Crippen molar-refractivity contribution in [3.8, 4) is 0 Å². The molecule has 0 unspecified atom stereocenters. The van der Waals surface area contributed by atoms with Crippen LogP contribution in [0.5, 0.6) is 0 Å². The lowest BCUT2D eigenvalue weighted by Crippen LogP contribution is -2.35. The highest BCUT2D eigenvalue weighted by Gasteiger charge is 2.23. The maximum Gasteiger partial charge on any atom is 0.161 e. The second-order valence-electron chi connectivity index (χ2n) is 5.08. The van der Waals surface area contributed by atoms with Crippen molar-refractivity contribution in [2.45, 2.75) is 38.6 Å². The molecule has 1 fully saturated rings. The van der Waals surface area contributed by atoms with Crippen LogP contribution >= 0.6 is 11.6 Å². The molecule has 0 amide bonds. The minimum absolute atomic E-state index is 0.0221. The molecule has 0 bridgehead atoms. The third-order valence-electron chi connectivity index (χ3n) is 3.77. The minimum atomic E-state index is -0.0221. The highest BCUT2D eigenvalue weighted by atomic mass is 35.5. The monoisotopic (exact) mass is 281 g/mol. The van der Waals surface area contributed by atoms with Crippen LogP contribution in [0.25, 0.3) is 0 Å². The number of hydrogen-bond acceptors (Lipinski definition) is 3. The molecule has 1 aromatic carbocycles. The molecule has 0 radical (unpaired) electrons. The molecule has 0 heterocycles. The van der Waals surface area contributed by atoms with Gasteiger partial charge in [0.05, 0.1) is 11.6 Å². The third-order valence-corrected chi connectivity index (χ3v) is 4.08. The summed E-state index contributed by atoms with van der Waals surface area (Å²) < 4.78 is 0. The van der Waals surface area contributed by atoms with E-state index in [1.807, 2.05) is 12.1 Å². The van der Waals surface area contributed by atoms with Crippen molar-refractivity contribution in [1.29, 1.82) is 0 Å². The molecular weight excluding hydrogens is 262 g/mol. The van der Waals surface area contributed by atoms with E-state index in [1.165, 1.54) is 19.8 Å². The van der Waals surface area contributed by atoms with Crippen LogP contribution in [0.2, 0.25) is 5.02 Å². The molecule has 0 aromatic heterocycles. The van der Waals surface area contributed by atoms with Gasteiger partial charge in [0.2, 0.25) is 0 Å². The van der Waals surface area contributed by atoms with Gasteiger partial charge >= 0.3 is 0 Å². The SMILES string of the molecule is CC(=O)c1ccc(N(CCO)C2CCCC2)cc1Cl. The van der Waals surface area contributed by atoms with Crippen molar-refractivity contribution < 1.29 is 9.90 Å². The Morgan fingerprint density at radius 1 is 1.42 bits per heavy atom. The zero-order valence-corrected chi connectivity index (χ0v) is 12.0. The van der Waals surface area contributed by atoms with Gasteiger partial charge in [-0.1, -0.05) is 24.4 Å². The maximum atomic E-state index is 11.4. The van der Waals surface area contributed by atoms with Crippen molar-refractivity contribution in [1.82, 2.24) is 0 Å². The summed E-state index contributed by atoms with van der Waals surface area (Å²) in [5.74, 6) is -0.0221. The summed E-state index contributed by atoms with van der Waals surface area (Å²) in [6.45, 7) is 2.26. The number of rotatable bonds is 5. The molecule has 4 heteroatoms. The van der Waals surface area contributed by atoms with E-state index < -0.39 is 0 Å². The maximum absolute atomic E-state index is 11.4. The van der Waals surface area contributed by atoms with Gasteiger partial charge in [0.1, 0.15) is 0 Å².